The van der Waals surface area contributed by atoms with E-state index in [1.165, 1.54) is 0 Å². The van der Waals surface area contributed by atoms with E-state index in [1.54, 1.807) is 23.0 Å². The van der Waals surface area contributed by atoms with Crippen LogP contribution in [-0.4, -0.2) is 51.2 Å². The van der Waals surface area contributed by atoms with Gasteiger partial charge in [-0.05, 0) is 25.0 Å². The van der Waals surface area contributed by atoms with E-state index in [0.717, 1.165) is 31.1 Å². The van der Waals surface area contributed by atoms with E-state index in [-0.39, 0.29) is 5.91 Å². The van der Waals surface area contributed by atoms with Crippen LogP contribution in [0.2, 0.25) is 0 Å². The average molecular weight is 289 g/mol. The molecule has 1 amide bonds. The molecule has 2 atom stereocenters. The van der Waals surface area contributed by atoms with Crippen LogP contribution in [0.25, 0.3) is 0 Å². The highest BCUT2D eigenvalue weighted by atomic mass is 32.1. The van der Waals surface area contributed by atoms with Gasteiger partial charge in [0.1, 0.15) is 11.2 Å². The molecule has 2 aromatic heterocycles. The predicted octanol–water partition coefficient (Wildman–Crippen LogP) is 1.36. The highest BCUT2D eigenvalue weighted by Gasteiger charge is 2.45. The van der Waals surface area contributed by atoms with Crippen molar-refractivity contribution in [3.05, 3.63) is 29.5 Å². The summed E-state index contributed by atoms with van der Waals surface area (Å²) in [4.78, 5) is 19.8. The number of H-pyrrole nitrogens is 1. The molecule has 2 aromatic rings. The highest BCUT2D eigenvalue weighted by molar-refractivity contribution is 7.13. The Morgan fingerprint density at radius 1 is 1.35 bits per heavy atom. The number of likely N-dealkylation sites (tertiary alicyclic amines) is 1. The fourth-order valence-electron chi connectivity index (χ4n) is 3.39. The number of aromatic amines is 1. The molecule has 0 aliphatic carbocycles. The molecule has 4 heterocycles. The quantitative estimate of drug-likeness (QED) is 0.906. The first-order valence-corrected chi connectivity index (χ1v) is 7.70. The SMILES string of the molecule is O=C(c1ccc[nH]1)N1CC[C@@H]2[C@@H]1CCN2c1nncs1. The molecule has 0 bridgehead atoms. The standard InChI is InChI=1S/C13H15N5OS/c19-12(9-2-1-5-14-9)17-6-3-11-10(17)4-7-18(11)13-16-15-8-20-13/h1-2,5,8,10-11,14H,3-4,6-7H2/t10-,11+/m0/s1. The number of nitrogens with one attached hydrogen (secondary N) is 1. The Bertz CT molecular complexity index is 596. The zero-order valence-corrected chi connectivity index (χ0v) is 11.7. The topological polar surface area (TPSA) is 65.1 Å². The van der Waals surface area contributed by atoms with Gasteiger partial charge in [-0.3, -0.25) is 4.79 Å². The van der Waals surface area contributed by atoms with Crippen molar-refractivity contribution in [2.45, 2.75) is 24.9 Å². The second-order valence-electron chi connectivity index (χ2n) is 5.21. The number of carbonyl (C=O) groups is 1. The lowest BCUT2D eigenvalue weighted by atomic mass is 10.1. The Labute approximate surface area is 120 Å². The maximum Gasteiger partial charge on any atom is 0.270 e. The fraction of sp³-hybridized carbons (Fsp3) is 0.462. The van der Waals surface area contributed by atoms with Crippen LogP contribution in [0.5, 0.6) is 0 Å². The molecule has 2 saturated heterocycles. The summed E-state index contributed by atoms with van der Waals surface area (Å²) in [6.07, 6.45) is 3.82. The van der Waals surface area contributed by atoms with Crippen LogP contribution in [0.4, 0.5) is 5.13 Å². The Kier molecular flexibility index (Phi) is 2.73. The summed E-state index contributed by atoms with van der Waals surface area (Å²) in [5.74, 6) is 0.113. The zero-order chi connectivity index (χ0) is 13.5. The lowest BCUT2D eigenvalue weighted by Crippen LogP contribution is -2.39. The van der Waals surface area contributed by atoms with Gasteiger partial charge in [-0.25, -0.2) is 0 Å². The summed E-state index contributed by atoms with van der Waals surface area (Å²) in [5.41, 5.74) is 2.44. The minimum absolute atomic E-state index is 0.113. The molecule has 104 valence electrons. The van der Waals surface area contributed by atoms with Gasteiger partial charge in [0, 0.05) is 19.3 Å². The van der Waals surface area contributed by atoms with Crippen LogP contribution >= 0.6 is 11.3 Å². The summed E-state index contributed by atoms with van der Waals surface area (Å²) in [6, 6.07) is 4.40. The fourth-order valence-corrected chi connectivity index (χ4v) is 4.03. The molecule has 2 aliphatic rings. The van der Waals surface area contributed by atoms with Gasteiger partial charge in [0.15, 0.2) is 0 Å². The molecule has 2 aliphatic heterocycles. The Balaban J connectivity index is 1.55. The van der Waals surface area contributed by atoms with E-state index in [2.05, 4.69) is 20.1 Å². The number of fused-ring (bicyclic) bond motifs is 1. The van der Waals surface area contributed by atoms with Crippen molar-refractivity contribution in [3.8, 4) is 0 Å². The average Bonchev–Trinajstić information content (AvgIpc) is 3.21. The van der Waals surface area contributed by atoms with Gasteiger partial charge in [0.05, 0.1) is 12.1 Å². The number of aromatic nitrogens is 3. The van der Waals surface area contributed by atoms with E-state index in [0.29, 0.717) is 17.8 Å². The lowest BCUT2D eigenvalue weighted by Gasteiger charge is -2.24. The number of amides is 1. The van der Waals surface area contributed by atoms with Crippen LogP contribution < -0.4 is 4.90 Å². The molecular weight excluding hydrogens is 274 g/mol. The molecule has 1 N–H and O–H groups in total. The van der Waals surface area contributed by atoms with Crippen molar-refractivity contribution in [3.63, 3.8) is 0 Å². The first-order chi connectivity index (χ1) is 9.84. The van der Waals surface area contributed by atoms with E-state index in [1.807, 2.05) is 17.0 Å². The maximum absolute atomic E-state index is 12.5. The summed E-state index contributed by atoms with van der Waals surface area (Å²) < 4.78 is 0. The van der Waals surface area contributed by atoms with Gasteiger partial charge >= 0.3 is 0 Å². The first-order valence-electron chi connectivity index (χ1n) is 6.82. The Morgan fingerprint density at radius 2 is 2.25 bits per heavy atom. The molecule has 4 rings (SSSR count). The number of nitrogens with zero attached hydrogens (tertiary/aromatic N) is 4. The third kappa shape index (κ3) is 1.73. The zero-order valence-electron chi connectivity index (χ0n) is 10.9. The van der Waals surface area contributed by atoms with Gasteiger partial charge < -0.3 is 14.8 Å². The normalized spacial score (nSPS) is 25.2. The predicted molar refractivity (Wildman–Crippen MR) is 75.9 cm³/mol. The molecule has 0 aromatic carbocycles. The van der Waals surface area contributed by atoms with Gasteiger partial charge in [-0.1, -0.05) is 11.3 Å². The number of anilines is 1. The Hall–Kier alpha value is -1.89. The maximum atomic E-state index is 12.5. The van der Waals surface area contributed by atoms with Crippen molar-refractivity contribution < 1.29 is 4.79 Å². The van der Waals surface area contributed by atoms with Crippen LogP contribution in [0, 0.1) is 0 Å². The largest absolute Gasteiger partial charge is 0.357 e. The van der Waals surface area contributed by atoms with E-state index in [4.69, 9.17) is 0 Å². The van der Waals surface area contributed by atoms with Crippen molar-refractivity contribution in [2.24, 2.45) is 0 Å². The third-order valence-corrected chi connectivity index (χ3v) is 4.99. The summed E-state index contributed by atoms with van der Waals surface area (Å²) in [7, 11) is 0. The van der Waals surface area contributed by atoms with Crippen LogP contribution in [0.3, 0.4) is 0 Å². The number of hydrogen-bond acceptors (Lipinski definition) is 5. The molecule has 0 saturated carbocycles. The minimum Gasteiger partial charge on any atom is -0.357 e. The van der Waals surface area contributed by atoms with Crippen LogP contribution in [0.15, 0.2) is 23.8 Å². The first kappa shape index (κ1) is 11.9. The van der Waals surface area contributed by atoms with E-state index < -0.39 is 0 Å². The van der Waals surface area contributed by atoms with Crippen molar-refractivity contribution in [1.82, 2.24) is 20.1 Å². The van der Waals surface area contributed by atoms with Crippen molar-refractivity contribution >= 4 is 22.4 Å². The van der Waals surface area contributed by atoms with E-state index in [9.17, 15) is 4.79 Å². The lowest BCUT2D eigenvalue weighted by molar-refractivity contribution is 0.0732. The monoisotopic (exact) mass is 289 g/mol. The second kappa shape index (κ2) is 4.59. The summed E-state index contributed by atoms with van der Waals surface area (Å²) in [5, 5.41) is 9.06. The molecule has 2 fully saturated rings. The van der Waals surface area contributed by atoms with Gasteiger partial charge in [-0.15, -0.1) is 10.2 Å². The Morgan fingerprint density at radius 3 is 3.00 bits per heavy atom. The second-order valence-corrected chi connectivity index (χ2v) is 6.02. The minimum atomic E-state index is 0.113. The van der Waals surface area contributed by atoms with Crippen molar-refractivity contribution in [1.29, 1.82) is 0 Å². The molecule has 20 heavy (non-hydrogen) atoms. The third-order valence-electron chi connectivity index (χ3n) is 4.26. The molecule has 6 nitrogen and oxygen atoms in total. The van der Waals surface area contributed by atoms with Gasteiger partial charge in [0.25, 0.3) is 5.91 Å². The van der Waals surface area contributed by atoms with Crippen molar-refractivity contribution in [2.75, 3.05) is 18.0 Å². The molecule has 7 heteroatoms. The molecule has 0 spiro atoms. The van der Waals surface area contributed by atoms with Gasteiger partial charge in [-0.2, -0.15) is 0 Å². The smallest absolute Gasteiger partial charge is 0.270 e. The van der Waals surface area contributed by atoms with E-state index >= 15 is 0 Å². The molecular formula is C13H15N5OS. The molecule has 0 unspecified atom stereocenters. The highest BCUT2D eigenvalue weighted by Crippen LogP contribution is 2.36. The number of carbonyl (C=O) groups excluding carboxylic acids is 1. The van der Waals surface area contributed by atoms with Crippen LogP contribution in [0.1, 0.15) is 23.3 Å². The molecule has 0 radical (unpaired) electrons. The number of hydrogen-bond donors (Lipinski definition) is 1. The summed E-state index contributed by atoms with van der Waals surface area (Å²) >= 11 is 1.57. The van der Waals surface area contributed by atoms with Crippen LogP contribution in [-0.2, 0) is 0 Å². The summed E-state index contributed by atoms with van der Waals surface area (Å²) in [6.45, 7) is 1.78. The van der Waals surface area contributed by atoms with Gasteiger partial charge in [0.2, 0.25) is 5.13 Å². The number of rotatable bonds is 2.